The molecule has 17 heavy (non-hydrogen) atoms. The summed E-state index contributed by atoms with van der Waals surface area (Å²) in [6.07, 6.45) is -0.00344. The molecule has 0 aromatic carbocycles. The Morgan fingerprint density at radius 3 is 2.41 bits per heavy atom. The van der Waals surface area contributed by atoms with Crippen LogP contribution in [0.5, 0.6) is 0 Å². The first kappa shape index (κ1) is 16.7. The van der Waals surface area contributed by atoms with E-state index in [0.29, 0.717) is 12.2 Å². The lowest BCUT2D eigenvalue weighted by atomic mass is 10.2. The third-order valence-corrected chi connectivity index (χ3v) is 3.39. The second-order valence-corrected chi connectivity index (χ2v) is 5.48. The molecule has 0 bridgehead atoms. The summed E-state index contributed by atoms with van der Waals surface area (Å²) in [5.74, 6) is 0.0342. The minimum absolute atomic E-state index is 0.151. The van der Waals surface area contributed by atoms with Crippen LogP contribution < -0.4 is 0 Å². The molecule has 2 nitrogen and oxygen atoms in total. The standard InChI is InChI=1S/C12H22F2O2S/c1-4-5-6-10(12(15)16-9(2)3)17-8-7-11(13)14/h9-11H,4-8H2,1-3H3. The van der Waals surface area contributed by atoms with Crippen LogP contribution in [0.15, 0.2) is 0 Å². The Balaban J connectivity index is 4.07. The Bertz CT molecular complexity index is 211. The van der Waals surface area contributed by atoms with Gasteiger partial charge in [0.1, 0.15) is 5.25 Å². The van der Waals surface area contributed by atoms with Crippen LogP contribution in [0.2, 0.25) is 0 Å². The Morgan fingerprint density at radius 2 is 1.94 bits per heavy atom. The summed E-state index contributed by atoms with van der Waals surface area (Å²) in [6.45, 7) is 5.62. The maximum absolute atomic E-state index is 12.0. The molecule has 0 saturated heterocycles. The molecule has 0 aliphatic carbocycles. The number of rotatable bonds is 9. The van der Waals surface area contributed by atoms with Crippen LogP contribution in [0.25, 0.3) is 0 Å². The van der Waals surface area contributed by atoms with Crippen molar-refractivity contribution in [2.75, 3.05) is 5.75 Å². The van der Waals surface area contributed by atoms with E-state index in [2.05, 4.69) is 0 Å². The molecule has 0 N–H and O–H groups in total. The van der Waals surface area contributed by atoms with E-state index in [1.807, 2.05) is 6.92 Å². The number of alkyl halides is 2. The first-order valence-corrected chi connectivity index (χ1v) is 7.12. The quantitative estimate of drug-likeness (QED) is 0.593. The Hall–Kier alpha value is -0.320. The molecule has 0 aliphatic rings. The van der Waals surface area contributed by atoms with Crippen LogP contribution in [0.1, 0.15) is 46.5 Å². The number of unbranched alkanes of at least 4 members (excludes halogenated alkanes) is 1. The molecule has 0 aliphatic heterocycles. The number of hydrogen-bond acceptors (Lipinski definition) is 3. The first-order valence-electron chi connectivity index (χ1n) is 6.07. The molecule has 0 saturated carbocycles. The summed E-state index contributed by atoms with van der Waals surface area (Å²) in [4.78, 5) is 11.7. The summed E-state index contributed by atoms with van der Waals surface area (Å²) < 4.78 is 29.2. The number of carbonyl (C=O) groups excluding carboxylic acids is 1. The van der Waals surface area contributed by atoms with E-state index in [0.717, 1.165) is 12.8 Å². The van der Waals surface area contributed by atoms with Crippen molar-refractivity contribution in [1.29, 1.82) is 0 Å². The van der Waals surface area contributed by atoms with Gasteiger partial charge in [-0.1, -0.05) is 19.8 Å². The number of esters is 1. The summed E-state index contributed by atoms with van der Waals surface area (Å²) >= 11 is 1.29. The third-order valence-electron chi connectivity index (χ3n) is 2.09. The molecule has 102 valence electrons. The lowest BCUT2D eigenvalue weighted by Gasteiger charge is -2.17. The Labute approximate surface area is 106 Å². The number of ether oxygens (including phenoxy) is 1. The molecule has 0 radical (unpaired) electrons. The highest BCUT2D eigenvalue weighted by atomic mass is 32.2. The average Bonchev–Trinajstić information content (AvgIpc) is 2.21. The maximum atomic E-state index is 12.0. The van der Waals surface area contributed by atoms with Crippen LogP contribution in [0.4, 0.5) is 8.78 Å². The molecule has 1 unspecified atom stereocenters. The van der Waals surface area contributed by atoms with Gasteiger partial charge in [-0.3, -0.25) is 4.79 Å². The van der Waals surface area contributed by atoms with Gasteiger partial charge in [0.2, 0.25) is 6.43 Å². The zero-order valence-corrected chi connectivity index (χ0v) is 11.6. The van der Waals surface area contributed by atoms with Crippen molar-refractivity contribution < 1.29 is 18.3 Å². The van der Waals surface area contributed by atoms with Gasteiger partial charge in [0.25, 0.3) is 0 Å². The van der Waals surface area contributed by atoms with Crippen molar-refractivity contribution in [3.8, 4) is 0 Å². The lowest BCUT2D eigenvalue weighted by Crippen LogP contribution is -2.24. The van der Waals surface area contributed by atoms with Crippen molar-refractivity contribution in [2.45, 2.75) is 64.2 Å². The van der Waals surface area contributed by atoms with Gasteiger partial charge in [-0.05, 0) is 26.0 Å². The van der Waals surface area contributed by atoms with E-state index in [-0.39, 0.29) is 23.7 Å². The SMILES string of the molecule is CCCCC(SCCC(F)F)C(=O)OC(C)C. The Morgan fingerprint density at radius 1 is 1.29 bits per heavy atom. The topological polar surface area (TPSA) is 26.3 Å². The summed E-state index contributed by atoms with van der Waals surface area (Å²) in [6, 6.07) is 0. The fourth-order valence-corrected chi connectivity index (χ4v) is 2.39. The normalized spacial score (nSPS) is 13.1. The fraction of sp³-hybridized carbons (Fsp3) is 0.917. The van der Waals surface area contributed by atoms with Crippen molar-refractivity contribution in [2.24, 2.45) is 0 Å². The number of thioether (sulfide) groups is 1. The van der Waals surface area contributed by atoms with Crippen molar-refractivity contribution in [3.63, 3.8) is 0 Å². The zero-order chi connectivity index (χ0) is 13.3. The molecular formula is C12H22F2O2S. The molecule has 0 fully saturated rings. The summed E-state index contributed by atoms with van der Waals surface area (Å²) in [5, 5.41) is -0.295. The molecule has 0 amide bonds. The smallest absolute Gasteiger partial charge is 0.319 e. The molecule has 0 rings (SSSR count). The number of halogens is 2. The second-order valence-electron chi connectivity index (χ2n) is 4.17. The first-order chi connectivity index (χ1) is 7.97. The molecule has 1 atom stereocenters. The van der Waals surface area contributed by atoms with Gasteiger partial charge in [0.05, 0.1) is 6.10 Å². The van der Waals surface area contributed by atoms with Gasteiger partial charge < -0.3 is 4.74 Å². The van der Waals surface area contributed by atoms with Crippen LogP contribution in [-0.4, -0.2) is 29.5 Å². The number of hydrogen-bond donors (Lipinski definition) is 0. The minimum atomic E-state index is -2.30. The lowest BCUT2D eigenvalue weighted by molar-refractivity contribution is -0.146. The van der Waals surface area contributed by atoms with Crippen LogP contribution in [-0.2, 0) is 9.53 Å². The third kappa shape index (κ3) is 9.39. The minimum Gasteiger partial charge on any atom is -0.462 e. The van der Waals surface area contributed by atoms with E-state index in [1.165, 1.54) is 11.8 Å². The van der Waals surface area contributed by atoms with E-state index >= 15 is 0 Å². The molecule has 0 spiro atoms. The van der Waals surface area contributed by atoms with Crippen molar-refractivity contribution >= 4 is 17.7 Å². The monoisotopic (exact) mass is 268 g/mol. The van der Waals surface area contributed by atoms with Crippen LogP contribution in [0, 0.1) is 0 Å². The average molecular weight is 268 g/mol. The van der Waals surface area contributed by atoms with Crippen molar-refractivity contribution in [1.82, 2.24) is 0 Å². The van der Waals surface area contributed by atoms with Crippen LogP contribution >= 0.6 is 11.8 Å². The zero-order valence-electron chi connectivity index (χ0n) is 10.7. The summed E-state index contributed by atoms with van der Waals surface area (Å²) in [7, 11) is 0. The van der Waals surface area contributed by atoms with E-state index in [9.17, 15) is 13.6 Å². The van der Waals surface area contributed by atoms with Gasteiger partial charge in [0, 0.05) is 6.42 Å². The van der Waals surface area contributed by atoms with Gasteiger partial charge in [-0.15, -0.1) is 11.8 Å². The summed E-state index contributed by atoms with van der Waals surface area (Å²) in [5.41, 5.74) is 0. The highest BCUT2D eigenvalue weighted by molar-refractivity contribution is 8.00. The predicted octanol–water partition coefficient (Wildman–Crippen LogP) is 3.89. The molecule has 0 aromatic heterocycles. The fourth-order valence-electron chi connectivity index (χ4n) is 1.27. The van der Waals surface area contributed by atoms with Gasteiger partial charge >= 0.3 is 5.97 Å². The Kier molecular flexibility index (Phi) is 9.50. The van der Waals surface area contributed by atoms with Crippen LogP contribution in [0.3, 0.4) is 0 Å². The van der Waals surface area contributed by atoms with E-state index in [4.69, 9.17) is 4.74 Å². The predicted molar refractivity (Wildman–Crippen MR) is 67.6 cm³/mol. The largest absolute Gasteiger partial charge is 0.462 e. The van der Waals surface area contributed by atoms with Crippen molar-refractivity contribution in [3.05, 3.63) is 0 Å². The molecular weight excluding hydrogens is 246 g/mol. The highest BCUT2D eigenvalue weighted by Gasteiger charge is 2.21. The maximum Gasteiger partial charge on any atom is 0.319 e. The highest BCUT2D eigenvalue weighted by Crippen LogP contribution is 2.21. The van der Waals surface area contributed by atoms with Gasteiger partial charge in [-0.2, -0.15) is 0 Å². The molecule has 5 heteroatoms. The van der Waals surface area contributed by atoms with Gasteiger partial charge in [0.15, 0.2) is 0 Å². The number of carbonyl (C=O) groups is 1. The molecule has 0 aromatic rings. The van der Waals surface area contributed by atoms with E-state index < -0.39 is 6.43 Å². The van der Waals surface area contributed by atoms with E-state index in [1.54, 1.807) is 13.8 Å². The van der Waals surface area contributed by atoms with Gasteiger partial charge in [-0.25, -0.2) is 8.78 Å². The molecule has 0 heterocycles. The second kappa shape index (κ2) is 9.68.